The second-order valence-corrected chi connectivity index (χ2v) is 7.10. The van der Waals surface area contributed by atoms with Gasteiger partial charge in [0, 0.05) is 10.9 Å². The van der Waals surface area contributed by atoms with Gasteiger partial charge in [-0.05, 0) is 50.6 Å². The summed E-state index contributed by atoms with van der Waals surface area (Å²) < 4.78 is 11.4. The number of furan rings is 1. The van der Waals surface area contributed by atoms with Gasteiger partial charge in [0.25, 0.3) is 5.91 Å². The van der Waals surface area contributed by atoms with Crippen molar-refractivity contribution in [3.8, 4) is 5.75 Å². The number of hydrogen-bond donors (Lipinski definition) is 2. The van der Waals surface area contributed by atoms with Crippen molar-refractivity contribution in [2.45, 2.75) is 39.7 Å². The summed E-state index contributed by atoms with van der Waals surface area (Å²) >= 11 is 0. The Labute approximate surface area is 169 Å². The number of carbonyl (C=O) groups is 1. The van der Waals surface area contributed by atoms with Crippen molar-refractivity contribution < 1.29 is 13.9 Å². The Balaban J connectivity index is 1.63. The minimum Gasteiger partial charge on any atom is -0.494 e. The predicted molar refractivity (Wildman–Crippen MR) is 113 cm³/mol. The number of carbonyl (C=O) groups excluding carboxylic acids is 1. The van der Waals surface area contributed by atoms with Gasteiger partial charge in [-0.15, -0.1) is 0 Å². The van der Waals surface area contributed by atoms with Gasteiger partial charge in [0.15, 0.2) is 5.76 Å². The van der Waals surface area contributed by atoms with E-state index in [2.05, 4.69) is 22.2 Å². The molecule has 0 unspecified atom stereocenters. The van der Waals surface area contributed by atoms with Gasteiger partial charge < -0.3 is 19.5 Å². The standard InChI is InChI=1S/C23H25N3O3/c1-4-8-19(22-24-17-9-6-7-10-18(17)25-22)26-23(27)21-14(3)16-13-15(28-5-2)11-12-20(16)29-21/h6-7,9-13,19H,4-5,8H2,1-3H3,(H,24,25)(H,26,27)/t19-/m0/s1. The molecule has 0 spiro atoms. The van der Waals surface area contributed by atoms with Gasteiger partial charge in [-0.3, -0.25) is 4.79 Å². The summed E-state index contributed by atoms with van der Waals surface area (Å²) in [6, 6.07) is 13.2. The highest BCUT2D eigenvalue weighted by Gasteiger charge is 2.23. The van der Waals surface area contributed by atoms with Crippen molar-refractivity contribution in [1.29, 1.82) is 0 Å². The van der Waals surface area contributed by atoms with E-state index in [1.807, 2.05) is 56.3 Å². The number of fused-ring (bicyclic) bond motifs is 2. The Morgan fingerprint density at radius 3 is 2.83 bits per heavy atom. The fourth-order valence-electron chi connectivity index (χ4n) is 3.60. The van der Waals surface area contributed by atoms with E-state index in [0.29, 0.717) is 18.0 Å². The molecule has 0 fully saturated rings. The highest BCUT2D eigenvalue weighted by Crippen LogP contribution is 2.29. The number of hydrogen-bond acceptors (Lipinski definition) is 4. The van der Waals surface area contributed by atoms with Crippen LogP contribution in [0.5, 0.6) is 5.75 Å². The molecular formula is C23H25N3O3. The molecule has 0 aliphatic rings. The first-order valence-corrected chi connectivity index (χ1v) is 10.0. The van der Waals surface area contributed by atoms with E-state index in [4.69, 9.17) is 9.15 Å². The molecule has 2 aromatic carbocycles. The van der Waals surface area contributed by atoms with Crippen molar-refractivity contribution in [2.75, 3.05) is 6.61 Å². The minimum absolute atomic E-state index is 0.216. The van der Waals surface area contributed by atoms with Crippen molar-refractivity contribution in [3.05, 3.63) is 59.6 Å². The molecule has 1 amide bonds. The van der Waals surface area contributed by atoms with Crippen LogP contribution in [0.15, 0.2) is 46.9 Å². The van der Waals surface area contributed by atoms with Crippen LogP contribution in [0.2, 0.25) is 0 Å². The molecule has 6 heteroatoms. The number of nitrogens with zero attached hydrogens (tertiary/aromatic N) is 1. The number of nitrogens with one attached hydrogen (secondary N) is 2. The number of H-pyrrole nitrogens is 1. The Bertz CT molecular complexity index is 1130. The van der Waals surface area contributed by atoms with Crippen LogP contribution < -0.4 is 10.1 Å². The Morgan fingerprint density at radius 2 is 2.07 bits per heavy atom. The number of imidazole rings is 1. The Kier molecular flexibility index (Phi) is 5.25. The van der Waals surface area contributed by atoms with Gasteiger partial charge >= 0.3 is 0 Å². The molecule has 2 N–H and O–H groups in total. The third-order valence-corrected chi connectivity index (χ3v) is 5.05. The zero-order valence-electron chi connectivity index (χ0n) is 16.9. The predicted octanol–water partition coefficient (Wildman–Crippen LogP) is 5.29. The number of benzene rings is 2. The van der Waals surface area contributed by atoms with Gasteiger partial charge in [-0.25, -0.2) is 4.98 Å². The molecule has 0 saturated heterocycles. The molecule has 0 aliphatic heterocycles. The summed E-state index contributed by atoms with van der Waals surface area (Å²) in [5.74, 6) is 1.61. The van der Waals surface area contributed by atoms with Crippen LogP contribution in [0.4, 0.5) is 0 Å². The maximum Gasteiger partial charge on any atom is 0.287 e. The molecule has 0 radical (unpaired) electrons. The lowest BCUT2D eigenvalue weighted by Crippen LogP contribution is -2.29. The quantitative estimate of drug-likeness (QED) is 0.449. The average Bonchev–Trinajstić information content (AvgIpc) is 3.29. The fourth-order valence-corrected chi connectivity index (χ4v) is 3.60. The number of aryl methyl sites for hydroxylation is 1. The second-order valence-electron chi connectivity index (χ2n) is 7.10. The largest absolute Gasteiger partial charge is 0.494 e. The number of para-hydroxylation sites is 2. The zero-order valence-corrected chi connectivity index (χ0v) is 16.9. The second kappa shape index (κ2) is 7.99. The molecule has 4 aromatic rings. The van der Waals surface area contributed by atoms with Crippen molar-refractivity contribution in [1.82, 2.24) is 15.3 Å². The van der Waals surface area contributed by atoms with Crippen molar-refractivity contribution >= 4 is 27.9 Å². The van der Waals surface area contributed by atoms with Crippen LogP contribution >= 0.6 is 0 Å². The van der Waals surface area contributed by atoms with Crippen LogP contribution in [0.3, 0.4) is 0 Å². The lowest BCUT2D eigenvalue weighted by molar-refractivity contribution is 0.0906. The van der Waals surface area contributed by atoms with Gasteiger partial charge in [-0.2, -0.15) is 0 Å². The van der Waals surface area contributed by atoms with E-state index in [9.17, 15) is 4.79 Å². The van der Waals surface area contributed by atoms with Gasteiger partial charge in [-0.1, -0.05) is 25.5 Å². The van der Waals surface area contributed by atoms with Gasteiger partial charge in [0.2, 0.25) is 0 Å². The lowest BCUT2D eigenvalue weighted by Gasteiger charge is -2.15. The molecule has 0 aliphatic carbocycles. The normalized spacial score (nSPS) is 12.4. The highest BCUT2D eigenvalue weighted by molar-refractivity contribution is 5.99. The molecule has 1 atom stereocenters. The smallest absolute Gasteiger partial charge is 0.287 e. The molecule has 0 bridgehead atoms. The molecule has 4 rings (SSSR count). The molecule has 6 nitrogen and oxygen atoms in total. The first-order valence-electron chi connectivity index (χ1n) is 10.0. The first-order chi connectivity index (χ1) is 14.1. The van der Waals surface area contributed by atoms with E-state index < -0.39 is 0 Å². The fraction of sp³-hybridized carbons (Fsp3) is 0.304. The van der Waals surface area contributed by atoms with Crippen LogP contribution in [-0.4, -0.2) is 22.5 Å². The lowest BCUT2D eigenvalue weighted by atomic mass is 10.1. The third-order valence-electron chi connectivity index (χ3n) is 5.05. The van der Waals surface area contributed by atoms with E-state index in [1.54, 1.807) is 0 Å². The van der Waals surface area contributed by atoms with Gasteiger partial charge in [0.1, 0.15) is 17.2 Å². The summed E-state index contributed by atoms with van der Waals surface area (Å²) in [7, 11) is 0. The number of aromatic nitrogens is 2. The molecule has 29 heavy (non-hydrogen) atoms. The van der Waals surface area contributed by atoms with E-state index in [0.717, 1.165) is 46.4 Å². The van der Waals surface area contributed by atoms with Gasteiger partial charge in [0.05, 0.1) is 23.7 Å². The summed E-state index contributed by atoms with van der Waals surface area (Å²) in [6.45, 7) is 6.51. The molecular weight excluding hydrogens is 366 g/mol. The topological polar surface area (TPSA) is 80.2 Å². The van der Waals surface area contributed by atoms with Crippen LogP contribution in [0.1, 0.15) is 54.7 Å². The Hall–Kier alpha value is -3.28. The summed E-state index contributed by atoms with van der Waals surface area (Å²) in [5, 5.41) is 3.98. The zero-order chi connectivity index (χ0) is 20.4. The molecule has 2 aromatic heterocycles. The Morgan fingerprint density at radius 1 is 1.24 bits per heavy atom. The monoisotopic (exact) mass is 391 g/mol. The summed E-state index contributed by atoms with van der Waals surface area (Å²) in [5.41, 5.74) is 3.33. The SMILES string of the molecule is CCC[C@H](NC(=O)c1oc2ccc(OCC)cc2c1C)c1nc2ccccc2[nH]1. The van der Waals surface area contributed by atoms with E-state index in [1.165, 1.54) is 0 Å². The number of aromatic amines is 1. The average molecular weight is 391 g/mol. The highest BCUT2D eigenvalue weighted by atomic mass is 16.5. The molecule has 0 saturated carbocycles. The van der Waals surface area contributed by atoms with E-state index in [-0.39, 0.29) is 11.9 Å². The van der Waals surface area contributed by atoms with E-state index >= 15 is 0 Å². The van der Waals surface area contributed by atoms with Crippen LogP contribution in [0.25, 0.3) is 22.0 Å². The number of ether oxygens (including phenoxy) is 1. The number of amides is 1. The summed E-state index contributed by atoms with van der Waals surface area (Å²) in [4.78, 5) is 21.0. The van der Waals surface area contributed by atoms with Crippen molar-refractivity contribution in [3.63, 3.8) is 0 Å². The van der Waals surface area contributed by atoms with Crippen LogP contribution in [0, 0.1) is 6.92 Å². The first kappa shape index (κ1) is 19.1. The third kappa shape index (κ3) is 3.70. The maximum absolute atomic E-state index is 13.0. The minimum atomic E-state index is -0.240. The summed E-state index contributed by atoms with van der Waals surface area (Å²) in [6.07, 6.45) is 1.69. The molecule has 2 heterocycles. The maximum atomic E-state index is 13.0. The number of rotatable bonds is 7. The van der Waals surface area contributed by atoms with Crippen molar-refractivity contribution in [2.24, 2.45) is 0 Å². The molecule has 150 valence electrons. The van der Waals surface area contributed by atoms with Crippen LogP contribution in [-0.2, 0) is 0 Å².